The molecular weight excluding hydrogens is 540 g/mol. The molecule has 232 valence electrons. The van der Waals surface area contributed by atoms with Crippen molar-refractivity contribution < 1.29 is 24.3 Å². The van der Waals surface area contributed by atoms with E-state index in [0.29, 0.717) is 12.8 Å². The van der Waals surface area contributed by atoms with Crippen LogP contribution in [0.5, 0.6) is 0 Å². The monoisotopic (exact) mass is 586 g/mol. The Morgan fingerprint density at radius 2 is 1.57 bits per heavy atom. The zero-order valence-electron chi connectivity index (χ0n) is 24.9. The number of carbonyl (C=O) groups is 4. The molecule has 0 fully saturated rings. The zero-order chi connectivity index (χ0) is 31.4. The van der Waals surface area contributed by atoms with E-state index in [-0.39, 0.29) is 43.6 Å². The number of carboxylic acids is 1. The van der Waals surface area contributed by atoms with Crippen molar-refractivity contribution in [2.75, 3.05) is 6.54 Å². The summed E-state index contributed by atoms with van der Waals surface area (Å²) in [5.41, 5.74) is 18.5. The van der Waals surface area contributed by atoms with Crippen molar-refractivity contribution in [2.45, 2.75) is 84.0 Å². The molecule has 1 aromatic carbocycles. The first-order chi connectivity index (χ1) is 19.8. The van der Waals surface area contributed by atoms with Crippen LogP contribution in [0.2, 0.25) is 0 Å². The van der Waals surface area contributed by atoms with Crippen LogP contribution in [0.15, 0.2) is 35.5 Å². The van der Waals surface area contributed by atoms with E-state index in [2.05, 4.69) is 25.9 Å². The molecule has 1 heterocycles. The molecule has 42 heavy (non-hydrogen) atoms. The van der Waals surface area contributed by atoms with Gasteiger partial charge in [0.2, 0.25) is 17.7 Å². The van der Waals surface area contributed by atoms with Gasteiger partial charge in [0.15, 0.2) is 5.96 Å². The lowest BCUT2D eigenvalue weighted by Gasteiger charge is -2.27. The van der Waals surface area contributed by atoms with Gasteiger partial charge in [-0.25, -0.2) is 4.79 Å². The molecule has 0 saturated carbocycles. The molecule has 0 aliphatic rings. The van der Waals surface area contributed by atoms with Gasteiger partial charge in [-0.1, -0.05) is 52.3 Å². The van der Waals surface area contributed by atoms with E-state index in [1.54, 1.807) is 6.20 Å². The maximum absolute atomic E-state index is 13.4. The minimum absolute atomic E-state index is 0.00770. The predicted octanol–water partition coefficient (Wildman–Crippen LogP) is 0.723. The van der Waals surface area contributed by atoms with Crippen LogP contribution >= 0.6 is 0 Å². The van der Waals surface area contributed by atoms with Gasteiger partial charge in [0, 0.05) is 30.1 Å². The van der Waals surface area contributed by atoms with Gasteiger partial charge in [-0.15, -0.1) is 0 Å². The van der Waals surface area contributed by atoms with Gasteiger partial charge in [0.25, 0.3) is 0 Å². The summed E-state index contributed by atoms with van der Waals surface area (Å²) in [6.45, 7) is 7.76. The minimum atomic E-state index is -1.23. The Kier molecular flexibility index (Phi) is 13.3. The highest BCUT2D eigenvalue weighted by Crippen LogP contribution is 2.19. The molecule has 11 N–H and O–H groups in total. The molecule has 0 spiro atoms. The fourth-order valence-corrected chi connectivity index (χ4v) is 4.52. The smallest absolute Gasteiger partial charge is 0.326 e. The minimum Gasteiger partial charge on any atom is -0.480 e. The summed E-state index contributed by atoms with van der Waals surface area (Å²) < 4.78 is 0. The molecule has 0 saturated heterocycles. The number of aliphatic imine (C=N–C) groups is 1. The number of carboxylic acid groups (broad SMARTS) is 1. The van der Waals surface area contributed by atoms with Crippen LogP contribution in [-0.4, -0.2) is 70.5 Å². The number of nitrogens with two attached hydrogens (primary N) is 3. The number of aromatic nitrogens is 1. The third kappa shape index (κ3) is 10.4. The lowest BCUT2D eigenvalue weighted by atomic mass is 9.98. The first-order valence-corrected chi connectivity index (χ1v) is 14.3. The second-order valence-corrected chi connectivity index (χ2v) is 11.1. The van der Waals surface area contributed by atoms with Crippen molar-refractivity contribution >= 4 is 40.6 Å². The summed E-state index contributed by atoms with van der Waals surface area (Å²) in [5.74, 6) is -3.12. The van der Waals surface area contributed by atoms with E-state index in [0.717, 1.165) is 16.5 Å². The van der Waals surface area contributed by atoms with E-state index >= 15 is 0 Å². The van der Waals surface area contributed by atoms with Crippen LogP contribution < -0.4 is 33.2 Å². The average molecular weight is 587 g/mol. The second kappa shape index (κ2) is 16.3. The maximum Gasteiger partial charge on any atom is 0.326 e. The molecule has 3 amide bonds. The van der Waals surface area contributed by atoms with Crippen molar-refractivity contribution in [3.63, 3.8) is 0 Å². The van der Waals surface area contributed by atoms with E-state index in [1.165, 1.54) is 0 Å². The largest absolute Gasteiger partial charge is 0.480 e. The molecule has 5 atom stereocenters. The fourth-order valence-electron chi connectivity index (χ4n) is 4.52. The number of nitrogens with zero attached hydrogens (tertiary/aromatic N) is 1. The number of hydrogen-bond acceptors (Lipinski definition) is 6. The van der Waals surface area contributed by atoms with Gasteiger partial charge >= 0.3 is 5.97 Å². The second-order valence-electron chi connectivity index (χ2n) is 11.1. The normalized spacial score (nSPS) is 14.8. The van der Waals surface area contributed by atoms with E-state index in [9.17, 15) is 24.3 Å². The van der Waals surface area contributed by atoms with Crippen molar-refractivity contribution in [1.82, 2.24) is 20.9 Å². The van der Waals surface area contributed by atoms with Gasteiger partial charge in [0.1, 0.15) is 18.1 Å². The van der Waals surface area contributed by atoms with Gasteiger partial charge in [0.05, 0.1) is 6.04 Å². The molecule has 13 nitrogen and oxygen atoms in total. The molecule has 0 bridgehead atoms. The van der Waals surface area contributed by atoms with Gasteiger partial charge in [-0.05, 0) is 42.7 Å². The highest BCUT2D eigenvalue weighted by atomic mass is 16.4. The molecule has 0 radical (unpaired) electrons. The Hall–Kier alpha value is -4.13. The predicted molar refractivity (Wildman–Crippen MR) is 162 cm³/mol. The number of H-pyrrole nitrogens is 1. The number of para-hydroxylation sites is 1. The molecular formula is C29H46N8O5. The van der Waals surface area contributed by atoms with Gasteiger partial charge < -0.3 is 43.2 Å². The number of nitrogens with one attached hydrogen (secondary N) is 4. The van der Waals surface area contributed by atoms with Crippen LogP contribution in [0.25, 0.3) is 10.9 Å². The number of amides is 3. The van der Waals surface area contributed by atoms with Crippen LogP contribution in [0.1, 0.15) is 58.9 Å². The van der Waals surface area contributed by atoms with E-state index < -0.39 is 47.9 Å². The molecule has 0 aliphatic heterocycles. The van der Waals surface area contributed by atoms with Crippen LogP contribution in [0, 0.1) is 11.8 Å². The number of fused-ring (bicyclic) bond motifs is 1. The molecule has 0 aliphatic carbocycles. The summed E-state index contributed by atoms with van der Waals surface area (Å²) in [5, 5.41) is 18.8. The van der Waals surface area contributed by atoms with E-state index in [1.807, 2.05) is 52.0 Å². The number of carbonyl (C=O) groups excluding carboxylic acids is 3. The Bertz CT molecular complexity index is 1240. The van der Waals surface area contributed by atoms with Gasteiger partial charge in [-0.3, -0.25) is 19.4 Å². The first-order valence-electron chi connectivity index (χ1n) is 14.3. The number of rotatable bonds is 17. The molecule has 13 heteroatoms. The quantitative estimate of drug-likeness (QED) is 0.0746. The zero-order valence-corrected chi connectivity index (χ0v) is 24.9. The van der Waals surface area contributed by atoms with Crippen molar-refractivity contribution in [3.8, 4) is 0 Å². The molecule has 1 aromatic heterocycles. The Morgan fingerprint density at radius 3 is 2.19 bits per heavy atom. The van der Waals surface area contributed by atoms with Crippen molar-refractivity contribution in [3.05, 3.63) is 36.0 Å². The SMILES string of the molecule is CCC(C)C(N)C(=O)NC(CCCN=C(N)N)C(=O)NC(CC(C)C)C(=O)NC(Cc1c[nH]c2ccccc12)C(=O)O. The number of guanidine groups is 1. The van der Waals surface area contributed by atoms with Crippen molar-refractivity contribution in [1.29, 1.82) is 0 Å². The Balaban J connectivity index is 2.20. The topological polar surface area (TPSA) is 231 Å². The highest BCUT2D eigenvalue weighted by molar-refractivity contribution is 5.94. The lowest BCUT2D eigenvalue weighted by molar-refractivity contribution is -0.142. The first kappa shape index (κ1) is 34.1. The fraction of sp³-hybridized carbons (Fsp3) is 0.552. The number of benzene rings is 1. The summed E-state index contributed by atoms with van der Waals surface area (Å²) in [6, 6.07) is 3.37. The molecule has 5 unspecified atom stereocenters. The maximum atomic E-state index is 13.4. The summed E-state index contributed by atoms with van der Waals surface area (Å²) in [6.07, 6.45) is 3.26. The van der Waals surface area contributed by atoms with E-state index in [4.69, 9.17) is 17.2 Å². The standard InChI is InChI=1S/C29H46N8O5/c1-5-17(4)24(30)27(40)35-21(11-8-12-33-29(31)32)25(38)36-22(13-16(2)3)26(39)37-23(28(41)42)14-18-15-34-20-10-7-6-9-19(18)20/h6-7,9-10,15-17,21-24,34H,5,8,11-14,30H2,1-4H3,(H,35,40)(H,36,38)(H,37,39)(H,41,42)(H4,31,32,33). The third-order valence-corrected chi connectivity index (χ3v) is 7.19. The van der Waals surface area contributed by atoms with Crippen LogP contribution in [-0.2, 0) is 25.6 Å². The summed E-state index contributed by atoms with van der Waals surface area (Å²) in [7, 11) is 0. The Labute approximate surface area is 246 Å². The highest BCUT2D eigenvalue weighted by Gasteiger charge is 2.31. The van der Waals surface area contributed by atoms with Crippen molar-refractivity contribution in [2.24, 2.45) is 34.0 Å². The summed E-state index contributed by atoms with van der Waals surface area (Å²) in [4.78, 5) is 58.8. The molecule has 2 rings (SSSR count). The number of aromatic amines is 1. The van der Waals surface area contributed by atoms with Crippen LogP contribution in [0.4, 0.5) is 0 Å². The van der Waals surface area contributed by atoms with Crippen LogP contribution in [0.3, 0.4) is 0 Å². The number of aliphatic carboxylic acids is 1. The molecule has 2 aromatic rings. The third-order valence-electron chi connectivity index (χ3n) is 7.19. The lowest BCUT2D eigenvalue weighted by Crippen LogP contribution is -2.58. The average Bonchev–Trinajstić information content (AvgIpc) is 3.35. The van der Waals surface area contributed by atoms with Gasteiger partial charge in [-0.2, -0.15) is 0 Å². The summed E-state index contributed by atoms with van der Waals surface area (Å²) >= 11 is 0. The number of hydrogen-bond donors (Lipinski definition) is 8. The Morgan fingerprint density at radius 1 is 0.952 bits per heavy atom.